The highest BCUT2D eigenvalue weighted by Crippen LogP contribution is 2.14. The minimum atomic E-state index is -0.108. The Bertz CT molecular complexity index is 390. The van der Waals surface area contributed by atoms with Crippen molar-refractivity contribution < 1.29 is 4.79 Å². The van der Waals surface area contributed by atoms with Gasteiger partial charge in [-0.15, -0.1) is 0 Å². The molecule has 1 aromatic carbocycles. The summed E-state index contributed by atoms with van der Waals surface area (Å²) in [6, 6.07) is 7.61. The van der Waals surface area contributed by atoms with Gasteiger partial charge in [0.25, 0.3) is 0 Å². The van der Waals surface area contributed by atoms with E-state index in [1.54, 1.807) is 0 Å². The van der Waals surface area contributed by atoms with Crippen molar-refractivity contribution in [3.63, 3.8) is 0 Å². The smallest absolute Gasteiger partial charge is 0.152 e. The van der Waals surface area contributed by atoms with Crippen LogP contribution in [0, 0.1) is 5.92 Å². The third-order valence-corrected chi connectivity index (χ3v) is 3.12. The highest BCUT2D eigenvalue weighted by molar-refractivity contribution is 6.30. The second-order valence-electron chi connectivity index (χ2n) is 4.90. The molecule has 2 nitrogen and oxygen atoms in total. The molecule has 0 amide bonds. The molecular formula is C15H22ClNO. The molecule has 18 heavy (non-hydrogen) atoms. The van der Waals surface area contributed by atoms with Crippen LogP contribution in [0.1, 0.15) is 32.8 Å². The molecule has 0 aliphatic rings. The van der Waals surface area contributed by atoms with Crippen LogP contribution in [0.3, 0.4) is 0 Å². The summed E-state index contributed by atoms with van der Waals surface area (Å²) >= 11 is 5.97. The largest absolute Gasteiger partial charge is 0.307 e. The van der Waals surface area contributed by atoms with E-state index in [9.17, 15) is 4.79 Å². The first-order chi connectivity index (χ1) is 8.54. The first-order valence-electron chi connectivity index (χ1n) is 6.56. The Morgan fingerprint density at radius 3 is 2.67 bits per heavy atom. The van der Waals surface area contributed by atoms with Gasteiger partial charge in [-0.05, 0) is 37.1 Å². The first-order valence-corrected chi connectivity index (χ1v) is 6.94. The molecule has 1 atom stereocenters. The Morgan fingerprint density at radius 1 is 1.39 bits per heavy atom. The van der Waals surface area contributed by atoms with Gasteiger partial charge in [-0.1, -0.05) is 44.5 Å². The fraction of sp³-hybridized carbons (Fsp3) is 0.533. The van der Waals surface area contributed by atoms with Crippen molar-refractivity contribution in [1.29, 1.82) is 0 Å². The number of benzene rings is 1. The maximum atomic E-state index is 12.1. The Kier molecular flexibility index (Phi) is 6.37. The predicted octanol–water partition coefficient (Wildman–Crippen LogP) is 3.48. The Balaban J connectivity index is 2.74. The van der Waals surface area contributed by atoms with E-state index < -0.39 is 0 Å². The molecule has 0 radical (unpaired) electrons. The average Bonchev–Trinajstić information content (AvgIpc) is 2.33. The van der Waals surface area contributed by atoms with Crippen molar-refractivity contribution in [3.8, 4) is 0 Å². The van der Waals surface area contributed by atoms with Gasteiger partial charge in [0.05, 0.1) is 6.04 Å². The summed E-state index contributed by atoms with van der Waals surface area (Å²) in [7, 11) is 0. The summed E-state index contributed by atoms with van der Waals surface area (Å²) in [4.78, 5) is 12.1. The van der Waals surface area contributed by atoms with E-state index in [1.807, 2.05) is 38.1 Å². The molecule has 0 saturated heterocycles. The third kappa shape index (κ3) is 4.79. The van der Waals surface area contributed by atoms with Gasteiger partial charge in [0, 0.05) is 10.9 Å². The van der Waals surface area contributed by atoms with Crippen LogP contribution in [0.4, 0.5) is 0 Å². The summed E-state index contributed by atoms with van der Waals surface area (Å²) in [5, 5.41) is 4.05. The lowest BCUT2D eigenvalue weighted by atomic mass is 9.95. The van der Waals surface area contributed by atoms with Gasteiger partial charge in [0.1, 0.15) is 0 Å². The SMILES string of the molecule is CCCN[C@@H](Cc1cccc(Cl)c1)C(=O)C(C)C. The predicted molar refractivity (Wildman–Crippen MR) is 77.1 cm³/mol. The molecule has 0 aliphatic carbocycles. The van der Waals surface area contributed by atoms with Crippen LogP contribution in [-0.2, 0) is 11.2 Å². The van der Waals surface area contributed by atoms with Crippen LogP contribution in [0.15, 0.2) is 24.3 Å². The summed E-state index contributed by atoms with van der Waals surface area (Å²) < 4.78 is 0. The van der Waals surface area contributed by atoms with Crippen molar-refractivity contribution in [1.82, 2.24) is 5.32 Å². The second-order valence-corrected chi connectivity index (χ2v) is 5.33. The number of carbonyl (C=O) groups is 1. The van der Waals surface area contributed by atoms with E-state index in [1.165, 1.54) is 0 Å². The van der Waals surface area contributed by atoms with E-state index in [4.69, 9.17) is 11.6 Å². The number of nitrogens with one attached hydrogen (secondary N) is 1. The number of halogens is 1. The van der Waals surface area contributed by atoms with Gasteiger partial charge in [0.2, 0.25) is 0 Å². The molecule has 1 N–H and O–H groups in total. The summed E-state index contributed by atoms with van der Waals surface area (Å²) in [5.41, 5.74) is 1.10. The van der Waals surface area contributed by atoms with E-state index in [0.29, 0.717) is 6.42 Å². The quantitative estimate of drug-likeness (QED) is 0.820. The van der Waals surface area contributed by atoms with Crippen molar-refractivity contribution in [2.45, 2.75) is 39.7 Å². The maximum Gasteiger partial charge on any atom is 0.152 e. The number of rotatable bonds is 7. The van der Waals surface area contributed by atoms with Gasteiger partial charge in [-0.25, -0.2) is 0 Å². The standard InChI is InChI=1S/C15H22ClNO/c1-4-8-17-14(15(18)11(2)3)10-12-6-5-7-13(16)9-12/h5-7,9,11,14,17H,4,8,10H2,1-3H3/t14-/m0/s1. The first kappa shape index (κ1) is 15.2. The van der Waals surface area contributed by atoms with E-state index >= 15 is 0 Å². The van der Waals surface area contributed by atoms with E-state index in [-0.39, 0.29) is 17.7 Å². The monoisotopic (exact) mass is 267 g/mol. The number of hydrogen-bond donors (Lipinski definition) is 1. The van der Waals surface area contributed by atoms with Crippen LogP contribution in [0.2, 0.25) is 5.02 Å². The molecule has 3 heteroatoms. The zero-order valence-electron chi connectivity index (χ0n) is 11.4. The molecule has 0 fully saturated rings. The molecule has 0 heterocycles. The van der Waals surface area contributed by atoms with Gasteiger partial charge in [-0.2, -0.15) is 0 Å². The Hall–Kier alpha value is -0.860. The molecule has 1 rings (SSSR count). The third-order valence-electron chi connectivity index (χ3n) is 2.88. The molecule has 1 aromatic rings. The molecule has 0 bridgehead atoms. The van der Waals surface area contributed by atoms with Gasteiger partial charge < -0.3 is 5.32 Å². The highest BCUT2D eigenvalue weighted by Gasteiger charge is 2.20. The van der Waals surface area contributed by atoms with Crippen LogP contribution in [-0.4, -0.2) is 18.4 Å². The summed E-state index contributed by atoms with van der Waals surface area (Å²) in [5.74, 6) is 0.321. The van der Waals surface area contributed by atoms with Crippen molar-refractivity contribution >= 4 is 17.4 Å². The number of Topliss-reactive ketones (excluding diaryl/α,β-unsaturated/α-hetero) is 1. The number of hydrogen-bond acceptors (Lipinski definition) is 2. The average molecular weight is 268 g/mol. The second kappa shape index (κ2) is 7.55. The molecule has 0 saturated carbocycles. The minimum Gasteiger partial charge on any atom is -0.307 e. The topological polar surface area (TPSA) is 29.1 Å². The lowest BCUT2D eigenvalue weighted by Gasteiger charge is -2.19. The molecular weight excluding hydrogens is 246 g/mol. The van der Waals surface area contributed by atoms with E-state index in [0.717, 1.165) is 23.6 Å². The molecule has 0 unspecified atom stereocenters. The highest BCUT2D eigenvalue weighted by atomic mass is 35.5. The van der Waals surface area contributed by atoms with Crippen LogP contribution < -0.4 is 5.32 Å². The van der Waals surface area contributed by atoms with E-state index in [2.05, 4.69) is 12.2 Å². The Morgan fingerprint density at radius 2 is 2.11 bits per heavy atom. The van der Waals surface area contributed by atoms with Crippen molar-refractivity contribution in [2.24, 2.45) is 5.92 Å². The summed E-state index contributed by atoms with van der Waals surface area (Å²) in [6.07, 6.45) is 1.73. The van der Waals surface area contributed by atoms with Gasteiger partial charge >= 0.3 is 0 Å². The zero-order valence-corrected chi connectivity index (χ0v) is 12.1. The molecule has 0 aromatic heterocycles. The number of ketones is 1. The van der Waals surface area contributed by atoms with Crippen LogP contribution in [0.5, 0.6) is 0 Å². The van der Waals surface area contributed by atoms with Crippen LogP contribution >= 0.6 is 11.6 Å². The lowest BCUT2D eigenvalue weighted by molar-refractivity contribution is -0.123. The van der Waals surface area contributed by atoms with Crippen molar-refractivity contribution in [2.75, 3.05) is 6.54 Å². The zero-order chi connectivity index (χ0) is 13.5. The Labute approximate surface area is 115 Å². The molecule has 100 valence electrons. The minimum absolute atomic E-state index is 0.0542. The lowest BCUT2D eigenvalue weighted by Crippen LogP contribution is -2.41. The molecule has 0 aliphatic heterocycles. The van der Waals surface area contributed by atoms with Gasteiger partial charge in [0.15, 0.2) is 5.78 Å². The van der Waals surface area contributed by atoms with Gasteiger partial charge in [-0.3, -0.25) is 4.79 Å². The number of carbonyl (C=O) groups excluding carboxylic acids is 1. The van der Waals surface area contributed by atoms with Crippen molar-refractivity contribution in [3.05, 3.63) is 34.9 Å². The normalized spacial score (nSPS) is 12.7. The molecule has 0 spiro atoms. The maximum absolute atomic E-state index is 12.1. The summed E-state index contributed by atoms with van der Waals surface area (Å²) in [6.45, 7) is 6.86. The van der Waals surface area contributed by atoms with Crippen LogP contribution in [0.25, 0.3) is 0 Å². The fourth-order valence-corrected chi connectivity index (χ4v) is 2.11. The fourth-order valence-electron chi connectivity index (χ4n) is 1.89.